The van der Waals surface area contributed by atoms with Crippen molar-refractivity contribution in [1.29, 1.82) is 0 Å². The van der Waals surface area contributed by atoms with Gasteiger partial charge in [-0.05, 0) is 37.6 Å². The Balaban J connectivity index is 1.47. The molecule has 0 spiro atoms. The van der Waals surface area contributed by atoms with Crippen molar-refractivity contribution in [1.82, 2.24) is 20.1 Å². The third kappa shape index (κ3) is 3.99. The highest BCUT2D eigenvalue weighted by molar-refractivity contribution is 5.78. The zero-order chi connectivity index (χ0) is 20.4. The van der Waals surface area contributed by atoms with E-state index < -0.39 is 0 Å². The second kappa shape index (κ2) is 8.03. The van der Waals surface area contributed by atoms with Gasteiger partial charge in [0.05, 0.1) is 11.4 Å². The number of aromatic amines is 1. The van der Waals surface area contributed by atoms with Crippen molar-refractivity contribution in [3.8, 4) is 17.0 Å². The number of aromatic nitrogens is 3. The Morgan fingerprint density at radius 3 is 2.97 bits per heavy atom. The molecule has 1 aromatic carbocycles. The first kappa shape index (κ1) is 19.1. The molecule has 0 unspecified atom stereocenters. The van der Waals surface area contributed by atoms with Crippen LogP contribution in [0.4, 0.5) is 4.39 Å². The van der Waals surface area contributed by atoms with Crippen LogP contribution in [-0.4, -0.2) is 39.1 Å². The molecule has 0 saturated heterocycles. The number of carbonyl (C=O) groups excluding carboxylic acids is 1. The number of hydrogen-bond donors (Lipinski definition) is 1. The molecule has 0 saturated carbocycles. The lowest BCUT2D eigenvalue weighted by atomic mass is 10.0. The average Bonchev–Trinajstić information content (AvgIpc) is 3.15. The third-order valence-corrected chi connectivity index (χ3v) is 5.14. The first-order valence-corrected chi connectivity index (χ1v) is 9.74. The molecule has 1 aliphatic heterocycles. The molecule has 1 aliphatic rings. The molecule has 1 N–H and O–H groups in total. The lowest BCUT2D eigenvalue weighted by Gasteiger charge is -2.27. The molecule has 0 aliphatic carbocycles. The number of carbonyl (C=O) groups is 1. The van der Waals surface area contributed by atoms with Gasteiger partial charge in [-0.15, -0.1) is 0 Å². The highest BCUT2D eigenvalue weighted by Crippen LogP contribution is 2.29. The highest BCUT2D eigenvalue weighted by atomic mass is 19.1. The molecule has 0 atom stereocenters. The Labute approximate surface area is 168 Å². The molecular formula is C22H23FN4O2. The molecular weight excluding hydrogens is 371 g/mol. The van der Waals surface area contributed by atoms with Gasteiger partial charge in [-0.1, -0.05) is 19.1 Å². The van der Waals surface area contributed by atoms with Gasteiger partial charge >= 0.3 is 0 Å². The van der Waals surface area contributed by atoms with Gasteiger partial charge in [0.1, 0.15) is 11.6 Å². The number of hydrogen-bond acceptors (Lipinski definition) is 4. The van der Waals surface area contributed by atoms with Crippen molar-refractivity contribution in [3.05, 3.63) is 64.9 Å². The minimum Gasteiger partial charge on any atom is -0.482 e. The Hall–Kier alpha value is -3.22. The minimum atomic E-state index is -0.310. The van der Waals surface area contributed by atoms with Crippen LogP contribution in [0.2, 0.25) is 0 Å². The molecule has 6 nitrogen and oxygen atoms in total. The number of H-pyrrole nitrogens is 1. The molecule has 4 rings (SSSR count). The highest BCUT2D eigenvalue weighted by Gasteiger charge is 2.26. The molecule has 0 bridgehead atoms. The third-order valence-electron chi connectivity index (χ3n) is 5.14. The average molecular weight is 394 g/mol. The number of nitrogens with one attached hydrogen (secondary N) is 1. The smallest absolute Gasteiger partial charge is 0.260 e. The zero-order valence-electron chi connectivity index (χ0n) is 16.5. The zero-order valence-corrected chi connectivity index (χ0v) is 16.5. The summed E-state index contributed by atoms with van der Waals surface area (Å²) in [6.45, 7) is 4.91. The standard InChI is InChI=1S/C22H23FN4O2/c1-3-18-20(8-7-14(2)24-18)29-13-21(28)27-10-9-19-17(12-27)22(26-25-19)15-5-4-6-16(23)11-15/h4-8,11H,3,9-10,12-13H2,1-2H3,(H,25,26). The molecule has 3 aromatic rings. The first-order valence-electron chi connectivity index (χ1n) is 9.74. The minimum absolute atomic E-state index is 0.0414. The van der Waals surface area contributed by atoms with Gasteiger partial charge < -0.3 is 9.64 Å². The van der Waals surface area contributed by atoms with Crippen molar-refractivity contribution < 1.29 is 13.9 Å². The maximum atomic E-state index is 13.6. The van der Waals surface area contributed by atoms with Gasteiger partial charge in [-0.2, -0.15) is 5.10 Å². The summed E-state index contributed by atoms with van der Waals surface area (Å²) in [4.78, 5) is 19.0. The van der Waals surface area contributed by atoms with Crippen LogP contribution in [0.15, 0.2) is 36.4 Å². The molecule has 29 heavy (non-hydrogen) atoms. The number of benzene rings is 1. The molecule has 2 aromatic heterocycles. The van der Waals surface area contributed by atoms with Crippen LogP contribution >= 0.6 is 0 Å². The Bertz CT molecular complexity index is 1050. The maximum Gasteiger partial charge on any atom is 0.260 e. The second-order valence-corrected chi connectivity index (χ2v) is 7.14. The quantitative estimate of drug-likeness (QED) is 0.720. The summed E-state index contributed by atoms with van der Waals surface area (Å²) in [6, 6.07) is 10.1. The topological polar surface area (TPSA) is 71.1 Å². The van der Waals surface area contributed by atoms with Gasteiger partial charge in [0.2, 0.25) is 0 Å². The van der Waals surface area contributed by atoms with E-state index in [0.29, 0.717) is 36.5 Å². The number of ether oxygens (including phenoxy) is 1. The number of halogens is 1. The van der Waals surface area contributed by atoms with Crippen LogP contribution in [0.5, 0.6) is 5.75 Å². The van der Waals surface area contributed by atoms with E-state index in [-0.39, 0.29) is 18.3 Å². The van der Waals surface area contributed by atoms with Crippen LogP contribution in [0, 0.1) is 12.7 Å². The van der Waals surface area contributed by atoms with Crippen molar-refractivity contribution in [2.75, 3.05) is 13.2 Å². The molecule has 0 fully saturated rings. The molecule has 1 amide bonds. The van der Waals surface area contributed by atoms with Gasteiger partial charge in [0.15, 0.2) is 6.61 Å². The monoisotopic (exact) mass is 394 g/mol. The van der Waals surface area contributed by atoms with E-state index in [4.69, 9.17) is 4.74 Å². The lowest BCUT2D eigenvalue weighted by Crippen LogP contribution is -2.38. The lowest BCUT2D eigenvalue weighted by molar-refractivity contribution is -0.134. The first-order chi connectivity index (χ1) is 14.0. The fraction of sp³-hybridized carbons (Fsp3) is 0.318. The molecule has 0 radical (unpaired) electrons. The predicted molar refractivity (Wildman–Crippen MR) is 107 cm³/mol. The Morgan fingerprint density at radius 1 is 1.31 bits per heavy atom. The summed E-state index contributed by atoms with van der Waals surface area (Å²) in [5.74, 6) is 0.243. The van der Waals surface area contributed by atoms with Crippen molar-refractivity contribution in [3.63, 3.8) is 0 Å². The van der Waals surface area contributed by atoms with Crippen molar-refractivity contribution >= 4 is 5.91 Å². The van der Waals surface area contributed by atoms with E-state index in [1.54, 1.807) is 11.0 Å². The van der Waals surface area contributed by atoms with Crippen LogP contribution < -0.4 is 4.74 Å². The van der Waals surface area contributed by atoms with Gasteiger partial charge in [0, 0.05) is 42.0 Å². The van der Waals surface area contributed by atoms with E-state index in [0.717, 1.165) is 29.1 Å². The summed E-state index contributed by atoms with van der Waals surface area (Å²) >= 11 is 0. The fourth-order valence-corrected chi connectivity index (χ4v) is 3.60. The Kier molecular flexibility index (Phi) is 5.29. The number of rotatable bonds is 5. The number of pyridine rings is 1. The number of amides is 1. The van der Waals surface area contributed by atoms with Crippen LogP contribution in [0.25, 0.3) is 11.3 Å². The van der Waals surface area contributed by atoms with Gasteiger partial charge in [0.25, 0.3) is 5.91 Å². The van der Waals surface area contributed by atoms with Crippen molar-refractivity contribution in [2.24, 2.45) is 0 Å². The molecule has 7 heteroatoms. The summed E-state index contributed by atoms with van der Waals surface area (Å²) in [6.07, 6.45) is 1.42. The van der Waals surface area contributed by atoms with Crippen molar-refractivity contribution in [2.45, 2.75) is 33.2 Å². The number of aryl methyl sites for hydroxylation is 2. The second-order valence-electron chi connectivity index (χ2n) is 7.14. The summed E-state index contributed by atoms with van der Waals surface area (Å²) in [5, 5.41) is 7.39. The SMILES string of the molecule is CCc1nc(C)ccc1OCC(=O)N1CCc2[nH]nc(-c3cccc(F)c3)c2C1. The maximum absolute atomic E-state index is 13.6. The van der Waals surface area contributed by atoms with Crippen LogP contribution in [0.1, 0.15) is 29.6 Å². The van der Waals surface area contributed by atoms with E-state index >= 15 is 0 Å². The summed E-state index contributed by atoms with van der Waals surface area (Å²) in [5.41, 5.74) is 5.09. The van der Waals surface area contributed by atoms with Crippen LogP contribution in [-0.2, 0) is 24.2 Å². The van der Waals surface area contributed by atoms with E-state index in [2.05, 4.69) is 15.2 Å². The van der Waals surface area contributed by atoms with E-state index in [1.807, 2.05) is 32.0 Å². The number of fused-ring (bicyclic) bond motifs is 1. The van der Waals surface area contributed by atoms with E-state index in [1.165, 1.54) is 12.1 Å². The summed E-state index contributed by atoms with van der Waals surface area (Å²) < 4.78 is 19.4. The van der Waals surface area contributed by atoms with Gasteiger partial charge in [-0.25, -0.2) is 4.39 Å². The Morgan fingerprint density at radius 2 is 2.17 bits per heavy atom. The largest absolute Gasteiger partial charge is 0.482 e. The molecule has 3 heterocycles. The fourth-order valence-electron chi connectivity index (χ4n) is 3.60. The normalized spacial score (nSPS) is 13.3. The van der Waals surface area contributed by atoms with Crippen LogP contribution in [0.3, 0.4) is 0 Å². The predicted octanol–water partition coefficient (Wildman–Crippen LogP) is 3.45. The number of nitrogens with zero attached hydrogens (tertiary/aromatic N) is 3. The van der Waals surface area contributed by atoms with E-state index in [9.17, 15) is 9.18 Å². The van der Waals surface area contributed by atoms with Gasteiger partial charge in [-0.3, -0.25) is 14.9 Å². The molecule has 150 valence electrons. The summed E-state index contributed by atoms with van der Waals surface area (Å²) in [7, 11) is 0.